The minimum Gasteiger partial charge on any atom is -0.385 e. The van der Waals surface area contributed by atoms with Crippen LogP contribution in [0.3, 0.4) is 0 Å². The summed E-state index contributed by atoms with van der Waals surface area (Å²) < 4.78 is 0. The van der Waals surface area contributed by atoms with Gasteiger partial charge in [-0.1, -0.05) is 27.7 Å². The Hall–Kier alpha value is -0.340. The maximum atomic E-state index is 11.0. The van der Waals surface area contributed by atoms with Crippen molar-refractivity contribution in [2.45, 2.75) is 59.5 Å². The second-order valence-corrected chi connectivity index (χ2v) is 8.45. The van der Waals surface area contributed by atoms with E-state index in [1.165, 1.54) is 11.3 Å². The van der Waals surface area contributed by atoms with Crippen LogP contribution in [0.5, 0.6) is 0 Å². The van der Waals surface area contributed by atoms with Crippen molar-refractivity contribution in [1.82, 2.24) is 0 Å². The van der Waals surface area contributed by atoms with Gasteiger partial charge in [0.05, 0.1) is 5.60 Å². The molecule has 96 valence electrons. The van der Waals surface area contributed by atoms with E-state index in [-0.39, 0.29) is 10.8 Å². The second kappa shape index (κ2) is 3.83. The number of thiophene rings is 1. The van der Waals surface area contributed by atoms with Gasteiger partial charge in [0, 0.05) is 4.88 Å². The van der Waals surface area contributed by atoms with Crippen LogP contribution in [0, 0.1) is 17.8 Å². The molecule has 1 aliphatic rings. The van der Waals surface area contributed by atoms with Crippen molar-refractivity contribution >= 4 is 11.3 Å². The van der Waals surface area contributed by atoms with E-state index in [1.807, 2.05) is 0 Å². The molecule has 0 unspecified atom stereocenters. The quantitative estimate of drug-likeness (QED) is 0.781. The lowest BCUT2D eigenvalue weighted by atomic mass is 9.58. The van der Waals surface area contributed by atoms with Crippen molar-refractivity contribution in [1.29, 1.82) is 0 Å². The minimum atomic E-state index is -0.629. The standard InChI is InChI=1S/C15H24OS/c1-11-6-12(7-17-11)15(16)9-13(2,3)8-14(4,5)10-15/h6-7,16H,8-10H2,1-5H3. The van der Waals surface area contributed by atoms with Crippen LogP contribution in [0.2, 0.25) is 0 Å². The fraction of sp³-hybridized carbons (Fsp3) is 0.733. The summed E-state index contributed by atoms with van der Waals surface area (Å²) in [6.07, 6.45) is 2.94. The first-order valence-electron chi connectivity index (χ1n) is 6.40. The summed E-state index contributed by atoms with van der Waals surface area (Å²) in [5, 5.41) is 13.2. The van der Waals surface area contributed by atoms with Crippen molar-refractivity contribution in [2.24, 2.45) is 10.8 Å². The van der Waals surface area contributed by atoms with Gasteiger partial charge in [-0.2, -0.15) is 0 Å². The molecule has 1 saturated carbocycles. The molecule has 2 rings (SSSR count). The molecule has 1 nitrogen and oxygen atoms in total. The average Bonchev–Trinajstić information content (AvgIpc) is 2.44. The number of rotatable bonds is 1. The monoisotopic (exact) mass is 252 g/mol. The maximum Gasteiger partial charge on any atom is 0.0914 e. The molecule has 0 saturated heterocycles. The van der Waals surface area contributed by atoms with E-state index in [4.69, 9.17) is 0 Å². The average molecular weight is 252 g/mol. The molecular formula is C15H24OS. The third-order valence-corrected chi connectivity index (χ3v) is 4.63. The summed E-state index contributed by atoms with van der Waals surface area (Å²) in [6, 6.07) is 2.15. The zero-order valence-corrected chi connectivity index (χ0v) is 12.4. The smallest absolute Gasteiger partial charge is 0.0914 e. The summed E-state index contributed by atoms with van der Waals surface area (Å²) in [7, 11) is 0. The van der Waals surface area contributed by atoms with E-state index in [2.05, 4.69) is 46.1 Å². The first-order chi connectivity index (χ1) is 7.62. The lowest BCUT2D eigenvalue weighted by molar-refractivity contribution is -0.0910. The van der Waals surface area contributed by atoms with Crippen LogP contribution in [-0.2, 0) is 5.60 Å². The van der Waals surface area contributed by atoms with Crippen molar-refractivity contribution in [2.75, 3.05) is 0 Å². The molecule has 0 aliphatic heterocycles. The van der Waals surface area contributed by atoms with E-state index in [0.29, 0.717) is 0 Å². The van der Waals surface area contributed by atoms with Gasteiger partial charge in [0.25, 0.3) is 0 Å². The van der Waals surface area contributed by atoms with Gasteiger partial charge >= 0.3 is 0 Å². The summed E-state index contributed by atoms with van der Waals surface area (Å²) in [6.45, 7) is 11.2. The van der Waals surface area contributed by atoms with Gasteiger partial charge in [0.15, 0.2) is 0 Å². The van der Waals surface area contributed by atoms with Crippen molar-refractivity contribution in [3.05, 3.63) is 21.9 Å². The molecule has 1 aromatic heterocycles. The Morgan fingerprint density at radius 2 is 1.59 bits per heavy atom. The van der Waals surface area contributed by atoms with Gasteiger partial charge in [-0.05, 0) is 54.0 Å². The lowest BCUT2D eigenvalue weighted by Gasteiger charge is -2.49. The van der Waals surface area contributed by atoms with Gasteiger partial charge in [-0.3, -0.25) is 0 Å². The van der Waals surface area contributed by atoms with Gasteiger partial charge in [-0.25, -0.2) is 0 Å². The highest BCUT2D eigenvalue weighted by Gasteiger charge is 2.47. The third kappa shape index (κ3) is 2.74. The summed E-state index contributed by atoms with van der Waals surface area (Å²) in [5.74, 6) is 0. The minimum absolute atomic E-state index is 0.215. The molecule has 1 aliphatic carbocycles. The molecule has 0 bridgehead atoms. The van der Waals surface area contributed by atoms with E-state index in [9.17, 15) is 5.11 Å². The van der Waals surface area contributed by atoms with Gasteiger partial charge in [-0.15, -0.1) is 11.3 Å². The van der Waals surface area contributed by atoms with Crippen LogP contribution < -0.4 is 0 Å². The highest BCUT2D eigenvalue weighted by Crippen LogP contribution is 2.54. The Labute approximate surface area is 109 Å². The van der Waals surface area contributed by atoms with Crippen LogP contribution in [0.25, 0.3) is 0 Å². The fourth-order valence-electron chi connectivity index (χ4n) is 3.96. The Bertz CT molecular complexity index is 398. The van der Waals surface area contributed by atoms with Gasteiger partial charge < -0.3 is 5.11 Å². The molecule has 1 N–H and O–H groups in total. The highest BCUT2D eigenvalue weighted by atomic mass is 32.1. The maximum absolute atomic E-state index is 11.0. The fourth-order valence-corrected chi connectivity index (χ4v) is 4.75. The molecule has 1 heterocycles. The van der Waals surface area contributed by atoms with Crippen LogP contribution in [-0.4, -0.2) is 5.11 Å². The van der Waals surface area contributed by atoms with Crippen molar-refractivity contribution < 1.29 is 5.11 Å². The normalized spacial score (nSPS) is 25.8. The molecule has 0 atom stereocenters. The Kier molecular flexibility index (Phi) is 2.95. The molecule has 0 aromatic carbocycles. The summed E-state index contributed by atoms with van der Waals surface area (Å²) in [5.41, 5.74) is 0.926. The number of hydrogen-bond donors (Lipinski definition) is 1. The Balaban J connectivity index is 2.36. The second-order valence-electron chi connectivity index (χ2n) is 7.34. The molecular weight excluding hydrogens is 228 g/mol. The number of hydrogen-bond acceptors (Lipinski definition) is 2. The zero-order chi connectivity index (χ0) is 12.9. The van der Waals surface area contributed by atoms with Crippen LogP contribution in [0.15, 0.2) is 11.4 Å². The predicted molar refractivity (Wildman–Crippen MR) is 74.4 cm³/mol. The summed E-state index contributed by atoms with van der Waals surface area (Å²) >= 11 is 1.74. The number of aryl methyl sites for hydroxylation is 1. The molecule has 0 spiro atoms. The Morgan fingerprint density at radius 3 is 2.00 bits per heavy atom. The van der Waals surface area contributed by atoms with E-state index in [1.54, 1.807) is 11.3 Å². The summed E-state index contributed by atoms with van der Waals surface area (Å²) in [4.78, 5) is 1.29. The molecule has 2 heteroatoms. The van der Waals surface area contributed by atoms with Crippen LogP contribution >= 0.6 is 11.3 Å². The molecule has 0 amide bonds. The third-order valence-electron chi connectivity index (χ3n) is 3.77. The van der Waals surface area contributed by atoms with Crippen molar-refractivity contribution in [3.8, 4) is 0 Å². The topological polar surface area (TPSA) is 20.2 Å². The molecule has 1 aromatic rings. The largest absolute Gasteiger partial charge is 0.385 e. The van der Waals surface area contributed by atoms with Gasteiger partial charge in [0.2, 0.25) is 0 Å². The zero-order valence-electron chi connectivity index (χ0n) is 11.6. The lowest BCUT2D eigenvalue weighted by Crippen LogP contribution is -2.43. The van der Waals surface area contributed by atoms with Gasteiger partial charge in [0.1, 0.15) is 0 Å². The predicted octanol–water partition coefficient (Wildman–Crippen LogP) is 4.48. The molecule has 17 heavy (non-hydrogen) atoms. The number of aliphatic hydroxyl groups is 1. The van der Waals surface area contributed by atoms with Crippen LogP contribution in [0.1, 0.15) is 57.4 Å². The molecule has 0 radical (unpaired) electrons. The highest BCUT2D eigenvalue weighted by molar-refractivity contribution is 7.10. The first-order valence-corrected chi connectivity index (χ1v) is 7.28. The van der Waals surface area contributed by atoms with E-state index in [0.717, 1.165) is 18.4 Å². The molecule has 1 fully saturated rings. The SMILES string of the molecule is Cc1cc(C2(O)CC(C)(C)CC(C)(C)C2)cs1. The first kappa shape index (κ1) is 13.1. The van der Waals surface area contributed by atoms with E-state index < -0.39 is 5.60 Å². The van der Waals surface area contributed by atoms with Crippen molar-refractivity contribution in [3.63, 3.8) is 0 Å². The van der Waals surface area contributed by atoms with Crippen LogP contribution in [0.4, 0.5) is 0 Å². The Morgan fingerprint density at radius 1 is 1.06 bits per heavy atom. The van der Waals surface area contributed by atoms with E-state index >= 15 is 0 Å².